The molecule has 5 heteroatoms. The third-order valence-electron chi connectivity index (χ3n) is 4.12. The lowest BCUT2D eigenvalue weighted by Crippen LogP contribution is -2.46. The summed E-state index contributed by atoms with van der Waals surface area (Å²) in [7, 11) is 2.19. The Bertz CT molecular complexity index is 595. The molecule has 0 radical (unpaired) electrons. The standard InChI is InChI=1S/C15H21ClN4/c1-11-8-19(2)6-5-14(11)17-7-13-10-20-9-12(16)3-4-15(20)18-13/h3-4,9-11,14,17H,5-8H2,1-2H3. The van der Waals surface area contributed by atoms with Gasteiger partial charge in [0, 0.05) is 31.5 Å². The van der Waals surface area contributed by atoms with Crippen LogP contribution in [0.15, 0.2) is 24.5 Å². The van der Waals surface area contributed by atoms with Crippen molar-refractivity contribution in [2.75, 3.05) is 20.1 Å². The van der Waals surface area contributed by atoms with Gasteiger partial charge in [0.1, 0.15) is 5.65 Å². The molecule has 2 atom stereocenters. The van der Waals surface area contributed by atoms with Crippen molar-refractivity contribution < 1.29 is 0 Å². The first-order chi connectivity index (χ1) is 9.61. The summed E-state index contributed by atoms with van der Waals surface area (Å²) in [6, 6.07) is 4.41. The molecule has 2 aromatic rings. The molecule has 2 unspecified atom stereocenters. The van der Waals surface area contributed by atoms with E-state index in [0.29, 0.717) is 12.0 Å². The van der Waals surface area contributed by atoms with Crippen LogP contribution in [0.25, 0.3) is 5.65 Å². The molecule has 1 fully saturated rings. The van der Waals surface area contributed by atoms with Crippen molar-refractivity contribution in [2.24, 2.45) is 5.92 Å². The highest BCUT2D eigenvalue weighted by Gasteiger charge is 2.23. The molecule has 108 valence electrons. The highest BCUT2D eigenvalue weighted by atomic mass is 35.5. The molecule has 0 aliphatic carbocycles. The maximum Gasteiger partial charge on any atom is 0.137 e. The van der Waals surface area contributed by atoms with E-state index >= 15 is 0 Å². The second-order valence-corrected chi connectivity index (χ2v) is 6.30. The van der Waals surface area contributed by atoms with Crippen LogP contribution in [0.4, 0.5) is 0 Å². The maximum atomic E-state index is 5.99. The Morgan fingerprint density at radius 2 is 2.25 bits per heavy atom. The van der Waals surface area contributed by atoms with Crippen LogP contribution >= 0.6 is 11.6 Å². The summed E-state index contributed by atoms with van der Waals surface area (Å²) >= 11 is 5.99. The van der Waals surface area contributed by atoms with Crippen molar-refractivity contribution >= 4 is 17.2 Å². The highest BCUT2D eigenvalue weighted by Crippen LogP contribution is 2.16. The molecule has 0 bridgehead atoms. The Hall–Kier alpha value is -1.10. The van der Waals surface area contributed by atoms with E-state index < -0.39 is 0 Å². The first-order valence-electron chi connectivity index (χ1n) is 7.17. The molecular formula is C15H21ClN4. The molecule has 20 heavy (non-hydrogen) atoms. The second kappa shape index (κ2) is 5.72. The molecule has 0 aromatic carbocycles. The van der Waals surface area contributed by atoms with E-state index in [1.54, 1.807) is 0 Å². The molecule has 3 rings (SSSR count). The molecule has 1 N–H and O–H groups in total. The molecule has 0 amide bonds. The topological polar surface area (TPSA) is 32.6 Å². The molecular weight excluding hydrogens is 272 g/mol. The van der Waals surface area contributed by atoms with E-state index in [0.717, 1.165) is 22.9 Å². The van der Waals surface area contributed by atoms with Gasteiger partial charge in [-0.05, 0) is 38.1 Å². The predicted molar refractivity (Wildman–Crippen MR) is 82.1 cm³/mol. The number of halogens is 1. The number of imidazole rings is 1. The van der Waals surface area contributed by atoms with Gasteiger partial charge in [-0.1, -0.05) is 18.5 Å². The first-order valence-corrected chi connectivity index (χ1v) is 7.54. The minimum atomic E-state index is 0.583. The van der Waals surface area contributed by atoms with Crippen molar-refractivity contribution in [2.45, 2.75) is 25.9 Å². The third kappa shape index (κ3) is 2.97. The fraction of sp³-hybridized carbons (Fsp3) is 0.533. The van der Waals surface area contributed by atoms with Gasteiger partial charge in [0.25, 0.3) is 0 Å². The normalized spacial score (nSPS) is 24.4. The highest BCUT2D eigenvalue weighted by molar-refractivity contribution is 6.30. The van der Waals surface area contributed by atoms with Crippen molar-refractivity contribution in [3.63, 3.8) is 0 Å². The Morgan fingerprint density at radius 1 is 1.40 bits per heavy atom. The number of hydrogen-bond donors (Lipinski definition) is 1. The van der Waals surface area contributed by atoms with Gasteiger partial charge in [0.2, 0.25) is 0 Å². The van der Waals surface area contributed by atoms with Gasteiger partial charge in [-0.25, -0.2) is 4.98 Å². The Labute approximate surface area is 124 Å². The van der Waals surface area contributed by atoms with E-state index in [2.05, 4.69) is 29.2 Å². The zero-order valence-electron chi connectivity index (χ0n) is 12.0. The van der Waals surface area contributed by atoms with Crippen molar-refractivity contribution in [3.8, 4) is 0 Å². The largest absolute Gasteiger partial charge is 0.308 e. The van der Waals surface area contributed by atoms with Crippen LogP contribution < -0.4 is 5.32 Å². The van der Waals surface area contributed by atoms with Gasteiger partial charge >= 0.3 is 0 Å². The number of piperidine rings is 1. The van der Waals surface area contributed by atoms with E-state index in [1.165, 1.54) is 19.5 Å². The molecule has 1 aliphatic rings. The lowest BCUT2D eigenvalue weighted by atomic mass is 9.94. The molecule has 1 aliphatic heterocycles. The lowest BCUT2D eigenvalue weighted by molar-refractivity contribution is 0.174. The summed E-state index contributed by atoms with van der Waals surface area (Å²) in [5.41, 5.74) is 2.01. The molecule has 1 saturated heterocycles. The molecule has 0 saturated carbocycles. The third-order valence-corrected chi connectivity index (χ3v) is 4.34. The predicted octanol–water partition coefficient (Wildman–Crippen LogP) is 2.42. The molecule has 0 spiro atoms. The first kappa shape index (κ1) is 13.9. The van der Waals surface area contributed by atoms with Crippen LogP contribution in [0.5, 0.6) is 0 Å². The zero-order chi connectivity index (χ0) is 14.1. The van der Waals surface area contributed by atoms with E-state index in [9.17, 15) is 0 Å². The molecule has 4 nitrogen and oxygen atoms in total. The van der Waals surface area contributed by atoms with Gasteiger partial charge in [0.05, 0.1) is 10.7 Å². The number of pyridine rings is 1. The van der Waals surface area contributed by atoms with Crippen LogP contribution in [0.3, 0.4) is 0 Å². The van der Waals surface area contributed by atoms with Gasteiger partial charge < -0.3 is 14.6 Å². The molecule has 2 aromatic heterocycles. The number of nitrogens with one attached hydrogen (secondary N) is 1. The van der Waals surface area contributed by atoms with E-state index in [-0.39, 0.29) is 0 Å². The minimum absolute atomic E-state index is 0.583. The van der Waals surface area contributed by atoms with Gasteiger partial charge in [0.15, 0.2) is 0 Å². The minimum Gasteiger partial charge on any atom is -0.308 e. The number of aromatic nitrogens is 2. The van der Waals surface area contributed by atoms with Crippen LogP contribution in [-0.2, 0) is 6.54 Å². The fourth-order valence-corrected chi connectivity index (χ4v) is 3.16. The van der Waals surface area contributed by atoms with E-state index in [4.69, 9.17) is 11.6 Å². The average molecular weight is 293 g/mol. The average Bonchev–Trinajstić information content (AvgIpc) is 2.79. The van der Waals surface area contributed by atoms with Gasteiger partial charge in [-0.2, -0.15) is 0 Å². The number of rotatable bonds is 3. The van der Waals surface area contributed by atoms with Crippen molar-refractivity contribution in [1.29, 1.82) is 0 Å². The fourth-order valence-electron chi connectivity index (χ4n) is 3.00. The number of hydrogen-bond acceptors (Lipinski definition) is 3. The SMILES string of the molecule is CC1CN(C)CCC1NCc1cn2cc(Cl)ccc2n1. The van der Waals surface area contributed by atoms with Gasteiger partial charge in [-0.15, -0.1) is 0 Å². The van der Waals surface area contributed by atoms with Crippen molar-refractivity contribution in [1.82, 2.24) is 19.6 Å². The summed E-state index contributed by atoms with van der Waals surface area (Å²) in [5, 5.41) is 4.38. The lowest BCUT2D eigenvalue weighted by Gasteiger charge is -2.35. The summed E-state index contributed by atoms with van der Waals surface area (Å²) < 4.78 is 1.98. The van der Waals surface area contributed by atoms with Crippen molar-refractivity contribution in [3.05, 3.63) is 35.2 Å². The number of likely N-dealkylation sites (tertiary alicyclic amines) is 1. The zero-order valence-corrected chi connectivity index (χ0v) is 12.8. The molecule has 3 heterocycles. The van der Waals surface area contributed by atoms with Crippen LogP contribution in [-0.4, -0.2) is 40.5 Å². The van der Waals surface area contributed by atoms with Gasteiger partial charge in [-0.3, -0.25) is 0 Å². The maximum absolute atomic E-state index is 5.99. The number of fused-ring (bicyclic) bond motifs is 1. The van der Waals surface area contributed by atoms with Crippen LogP contribution in [0, 0.1) is 5.92 Å². The monoisotopic (exact) mass is 292 g/mol. The smallest absolute Gasteiger partial charge is 0.137 e. The Morgan fingerprint density at radius 3 is 3.05 bits per heavy atom. The second-order valence-electron chi connectivity index (χ2n) is 5.86. The Balaban J connectivity index is 1.65. The van der Waals surface area contributed by atoms with Crippen LogP contribution in [0.1, 0.15) is 19.0 Å². The Kier molecular flexibility index (Phi) is 3.96. The number of nitrogens with zero attached hydrogens (tertiary/aromatic N) is 3. The summed E-state index contributed by atoms with van der Waals surface area (Å²) in [4.78, 5) is 7.01. The quantitative estimate of drug-likeness (QED) is 0.943. The summed E-state index contributed by atoms with van der Waals surface area (Å²) in [5.74, 6) is 0.681. The van der Waals surface area contributed by atoms with Crippen LogP contribution in [0.2, 0.25) is 5.02 Å². The summed E-state index contributed by atoms with van der Waals surface area (Å²) in [6.45, 7) is 5.47. The van der Waals surface area contributed by atoms with E-state index in [1.807, 2.05) is 28.9 Å². The summed E-state index contributed by atoms with van der Waals surface area (Å²) in [6.07, 6.45) is 5.15.